The third kappa shape index (κ3) is 2.70. The lowest BCUT2D eigenvalue weighted by Gasteiger charge is -2.32. The predicted octanol–water partition coefficient (Wildman–Crippen LogP) is 2.75. The van der Waals surface area contributed by atoms with Crippen LogP contribution in [0.1, 0.15) is 42.7 Å². The van der Waals surface area contributed by atoms with Crippen LogP contribution < -0.4 is 5.32 Å². The molecule has 1 unspecified atom stereocenters. The Hall–Kier alpha value is -0.860. The predicted molar refractivity (Wildman–Crippen MR) is 78.2 cm³/mol. The first-order chi connectivity index (χ1) is 9.40. The van der Waals surface area contributed by atoms with Gasteiger partial charge in [-0.3, -0.25) is 4.90 Å². The molecule has 19 heavy (non-hydrogen) atoms. The van der Waals surface area contributed by atoms with Crippen molar-refractivity contribution in [2.24, 2.45) is 5.92 Å². The molecule has 1 aromatic rings. The molecule has 0 radical (unpaired) electrons. The fourth-order valence-corrected chi connectivity index (χ4v) is 3.47. The van der Waals surface area contributed by atoms with Crippen LogP contribution in [0.5, 0.6) is 0 Å². The van der Waals surface area contributed by atoms with Gasteiger partial charge in [0.25, 0.3) is 0 Å². The van der Waals surface area contributed by atoms with Crippen LogP contribution in [0.15, 0.2) is 24.3 Å². The van der Waals surface area contributed by atoms with E-state index >= 15 is 0 Å². The van der Waals surface area contributed by atoms with Crippen molar-refractivity contribution in [1.82, 2.24) is 10.2 Å². The average molecular weight is 256 g/mol. The van der Waals surface area contributed by atoms with E-state index in [1.807, 2.05) is 0 Å². The molecule has 1 atom stereocenters. The van der Waals surface area contributed by atoms with Crippen molar-refractivity contribution in [1.29, 1.82) is 0 Å². The number of hydrogen-bond acceptors (Lipinski definition) is 2. The summed E-state index contributed by atoms with van der Waals surface area (Å²) in [5.74, 6) is 1.72. The van der Waals surface area contributed by atoms with Gasteiger partial charge in [0.05, 0.1) is 0 Å². The van der Waals surface area contributed by atoms with E-state index in [-0.39, 0.29) is 0 Å². The van der Waals surface area contributed by atoms with Gasteiger partial charge in [-0.15, -0.1) is 0 Å². The van der Waals surface area contributed by atoms with Crippen molar-refractivity contribution in [2.75, 3.05) is 19.6 Å². The largest absolute Gasteiger partial charge is 0.312 e. The van der Waals surface area contributed by atoms with Gasteiger partial charge in [0.2, 0.25) is 0 Å². The zero-order valence-corrected chi connectivity index (χ0v) is 11.6. The van der Waals surface area contributed by atoms with E-state index in [0.717, 1.165) is 25.0 Å². The molecule has 4 rings (SSSR count). The number of fused-ring (bicyclic) bond motifs is 1. The van der Waals surface area contributed by atoms with Gasteiger partial charge >= 0.3 is 0 Å². The molecule has 0 saturated heterocycles. The first-order valence-electron chi connectivity index (χ1n) is 7.93. The molecule has 2 heteroatoms. The number of nitrogens with zero attached hydrogens (tertiary/aromatic N) is 1. The van der Waals surface area contributed by atoms with Crippen molar-refractivity contribution >= 4 is 0 Å². The van der Waals surface area contributed by atoms with Crippen LogP contribution in [0.3, 0.4) is 0 Å². The standard InChI is InChI=1S/C17H24N2/c1-2-4-17-14(3-1)9-18-10-15(17)12-19(16-7-8-16)11-13-5-6-13/h1-4,13,15-16,18H,5-12H2. The summed E-state index contributed by atoms with van der Waals surface area (Å²) in [6.07, 6.45) is 5.83. The van der Waals surface area contributed by atoms with Crippen LogP contribution in [-0.2, 0) is 6.54 Å². The maximum atomic E-state index is 3.60. The quantitative estimate of drug-likeness (QED) is 0.871. The van der Waals surface area contributed by atoms with Gasteiger partial charge in [0.15, 0.2) is 0 Å². The van der Waals surface area contributed by atoms with Crippen LogP contribution in [0.2, 0.25) is 0 Å². The minimum absolute atomic E-state index is 0.698. The molecular weight excluding hydrogens is 232 g/mol. The normalized spacial score (nSPS) is 26.5. The number of nitrogens with one attached hydrogen (secondary N) is 1. The smallest absolute Gasteiger partial charge is 0.0208 e. The molecule has 0 aromatic heterocycles. The lowest BCUT2D eigenvalue weighted by molar-refractivity contribution is 0.231. The van der Waals surface area contributed by atoms with Gasteiger partial charge in [-0.05, 0) is 42.7 Å². The van der Waals surface area contributed by atoms with Gasteiger partial charge in [0, 0.05) is 38.1 Å². The van der Waals surface area contributed by atoms with Gasteiger partial charge in [-0.2, -0.15) is 0 Å². The molecule has 2 saturated carbocycles. The van der Waals surface area contributed by atoms with E-state index in [1.54, 1.807) is 5.56 Å². The zero-order valence-electron chi connectivity index (χ0n) is 11.6. The maximum absolute atomic E-state index is 3.60. The second-order valence-electron chi connectivity index (χ2n) is 6.66. The summed E-state index contributed by atoms with van der Waals surface area (Å²) in [5, 5.41) is 3.60. The van der Waals surface area contributed by atoms with Gasteiger partial charge in [-0.1, -0.05) is 24.3 Å². The molecule has 1 aromatic carbocycles. The van der Waals surface area contributed by atoms with Crippen molar-refractivity contribution in [2.45, 2.75) is 44.2 Å². The van der Waals surface area contributed by atoms with E-state index < -0.39 is 0 Å². The molecule has 0 spiro atoms. The number of benzene rings is 1. The highest BCUT2D eigenvalue weighted by atomic mass is 15.2. The van der Waals surface area contributed by atoms with E-state index in [2.05, 4.69) is 34.5 Å². The molecule has 1 N–H and O–H groups in total. The Morgan fingerprint density at radius 1 is 1.05 bits per heavy atom. The molecule has 0 amide bonds. The second kappa shape index (κ2) is 4.92. The van der Waals surface area contributed by atoms with Gasteiger partial charge in [-0.25, -0.2) is 0 Å². The Bertz CT molecular complexity index is 448. The zero-order chi connectivity index (χ0) is 12.7. The van der Waals surface area contributed by atoms with Crippen LogP contribution in [0, 0.1) is 5.92 Å². The summed E-state index contributed by atoms with van der Waals surface area (Å²) in [4.78, 5) is 2.80. The Morgan fingerprint density at radius 3 is 2.68 bits per heavy atom. The summed E-state index contributed by atoms with van der Waals surface area (Å²) in [5.41, 5.74) is 3.11. The topological polar surface area (TPSA) is 15.3 Å². The average Bonchev–Trinajstić information content (AvgIpc) is 3.31. The number of hydrogen-bond donors (Lipinski definition) is 1. The minimum atomic E-state index is 0.698. The molecular formula is C17H24N2. The Kier molecular flexibility index (Phi) is 3.08. The summed E-state index contributed by atoms with van der Waals surface area (Å²) in [6, 6.07) is 9.93. The molecule has 2 nitrogen and oxygen atoms in total. The summed E-state index contributed by atoms with van der Waals surface area (Å²) < 4.78 is 0. The third-order valence-electron chi connectivity index (χ3n) is 4.91. The van der Waals surface area contributed by atoms with Crippen LogP contribution in [0.25, 0.3) is 0 Å². The fourth-order valence-electron chi connectivity index (χ4n) is 3.47. The molecule has 3 aliphatic rings. The molecule has 2 fully saturated rings. The Labute approximate surface area is 116 Å². The summed E-state index contributed by atoms with van der Waals surface area (Å²) >= 11 is 0. The second-order valence-corrected chi connectivity index (χ2v) is 6.66. The molecule has 1 aliphatic heterocycles. The first-order valence-corrected chi connectivity index (χ1v) is 7.93. The van der Waals surface area contributed by atoms with E-state index in [1.165, 1.54) is 44.3 Å². The van der Waals surface area contributed by atoms with E-state index in [0.29, 0.717) is 5.92 Å². The molecule has 2 aliphatic carbocycles. The van der Waals surface area contributed by atoms with Crippen LogP contribution in [0.4, 0.5) is 0 Å². The SMILES string of the molecule is c1ccc2c(c1)CNCC2CN(CC1CC1)C1CC1. The van der Waals surface area contributed by atoms with Crippen LogP contribution >= 0.6 is 0 Å². The third-order valence-corrected chi connectivity index (χ3v) is 4.91. The highest BCUT2D eigenvalue weighted by Gasteiger charge is 2.35. The maximum Gasteiger partial charge on any atom is 0.0208 e. The monoisotopic (exact) mass is 256 g/mol. The Balaban J connectivity index is 1.49. The van der Waals surface area contributed by atoms with Gasteiger partial charge < -0.3 is 5.32 Å². The van der Waals surface area contributed by atoms with E-state index in [4.69, 9.17) is 0 Å². The van der Waals surface area contributed by atoms with Crippen molar-refractivity contribution < 1.29 is 0 Å². The highest BCUT2D eigenvalue weighted by Crippen LogP contribution is 2.36. The highest BCUT2D eigenvalue weighted by molar-refractivity contribution is 5.33. The minimum Gasteiger partial charge on any atom is -0.312 e. The lowest BCUT2D eigenvalue weighted by atomic mass is 9.90. The van der Waals surface area contributed by atoms with Crippen molar-refractivity contribution in [3.8, 4) is 0 Å². The summed E-state index contributed by atoms with van der Waals surface area (Å²) in [7, 11) is 0. The van der Waals surface area contributed by atoms with Gasteiger partial charge in [0.1, 0.15) is 0 Å². The number of rotatable bonds is 5. The van der Waals surface area contributed by atoms with Crippen LogP contribution in [-0.4, -0.2) is 30.6 Å². The first kappa shape index (κ1) is 11.9. The fraction of sp³-hybridized carbons (Fsp3) is 0.647. The Morgan fingerprint density at radius 2 is 1.89 bits per heavy atom. The van der Waals surface area contributed by atoms with Crippen molar-refractivity contribution in [3.63, 3.8) is 0 Å². The van der Waals surface area contributed by atoms with E-state index in [9.17, 15) is 0 Å². The molecule has 1 heterocycles. The lowest BCUT2D eigenvalue weighted by Crippen LogP contribution is -2.38. The van der Waals surface area contributed by atoms with Crippen molar-refractivity contribution in [3.05, 3.63) is 35.4 Å². The molecule has 102 valence electrons. The molecule has 0 bridgehead atoms. The summed E-state index contributed by atoms with van der Waals surface area (Å²) in [6.45, 7) is 4.85.